The molecule has 0 saturated carbocycles. The molecule has 0 aromatic heterocycles. The highest BCUT2D eigenvalue weighted by Crippen LogP contribution is 2.28. The molecule has 1 fully saturated rings. The van der Waals surface area contributed by atoms with E-state index < -0.39 is 23.9 Å². The first-order valence-corrected chi connectivity index (χ1v) is 11.7. The third kappa shape index (κ3) is 4.83. The van der Waals surface area contributed by atoms with Crippen LogP contribution in [0.15, 0.2) is 12.2 Å². The van der Waals surface area contributed by atoms with Crippen molar-refractivity contribution in [3.63, 3.8) is 0 Å². The average molecular weight is 292 g/mol. The Morgan fingerprint density at radius 2 is 2.00 bits per heavy atom. The minimum Gasteiger partial charge on any atom is -0.374 e. The molecule has 0 radical (unpaired) electrons. The number of hydrogen-bond acceptors (Lipinski definition) is 4. The maximum atomic E-state index is 11.4. The smallest absolute Gasteiger partial charge is 0.264 e. The first-order chi connectivity index (χ1) is 8.11. The Morgan fingerprint density at radius 3 is 2.39 bits per heavy atom. The first kappa shape index (κ1) is 15.9. The third-order valence-corrected chi connectivity index (χ3v) is 5.76. The molecule has 4 nitrogen and oxygen atoms in total. The molecule has 0 N–H and O–H groups in total. The molecule has 0 spiro atoms. The summed E-state index contributed by atoms with van der Waals surface area (Å²) in [6.45, 7) is 11.0. The Balaban J connectivity index is 2.85. The molecule has 1 aliphatic rings. The Hall–Kier alpha value is -0.173. The van der Waals surface area contributed by atoms with Crippen molar-refractivity contribution >= 4 is 18.2 Å². The summed E-state index contributed by atoms with van der Waals surface area (Å²) in [5, 5.41) is 0. The van der Waals surface area contributed by atoms with Crippen LogP contribution in [0, 0.1) is 0 Å². The van der Waals surface area contributed by atoms with E-state index >= 15 is 0 Å². The molecule has 1 rings (SSSR count). The van der Waals surface area contributed by atoms with E-state index in [0.29, 0.717) is 0 Å². The van der Waals surface area contributed by atoms with Crippen LogP contribution < -0.4 is 0 Å². The summed E-state index contributed by atoms with van der Waals surface area (Å²) in [7, 11) is -5.30. The molecule has 18 heavy (non-hydrogen) atoms. The molecule has 0 aromatic carbocycles. The van der Waals surface area contributed by atoms with E-state index in [2.05, 4.69) is 26.2 Å². The van der Waals surface area contributed by atoms with Crippen LogP contribution >= 0.6 is 0 Å². The summed E-state index contributed by atoms with van der Waals surface area (Å²) in [6, 6.07) is 0. The van der Waals surface area contributed by atoms with Gasteiger partial charge in [0.25, 0.3) is 10.1 Å². The number of hydrogen-bond donors (Lipinski definition) is 0. The van der Waals surface area contributed by atoms with Crippen molar-refractivity contribution in [1.82, 2.24) is 0 Å². The fraction of sp³-hybridized carbons (Fsp3) is 0.833. The summed E-state index contributed by atoms with van der Waals surface area (Å²) >= 11 is 0. The SMILES string of the molecule is C=C(C(OS(C)(=O)=O)[Si](C)(C)C)[C@H]1CCCCO1. The molecule has 2 atom stereocenters. The summed E-state index contributed by atoms with van der Waals surface area (Å²) in [5.74, 6) is 0. The number of rotatable bonds is 5. The van der Waals surface area contributed by atoms with Crippen LogP contribution in [0.2, 0.25) is 19.6 Å². The fourth-order valence-corrected chi connectivity index (χ4v) is 5.59. The lowest BCUT2D eigenvalue weighted by atomic mass is 10.0. The number of ether oxygens (including phenoxy) is 1. The van der Waals surface area contributed by atoms with Crippen molar-refractivity contribution in [3.05, 3.63) is 12.2 Å². The lowest BCUT2D eigenvalue weighted by Gasteiger charge is -2.34. The highest BCUT2D eigenvalue weighted by molar-refractivity contribution is 7.86. The molecule has 0 aromatic rings. The molecule has 6 heteroatoms. The van der Waals surface area contributed by atoms with Gasteiger partial charge in [0.2, 0.25) is 0 Å². The minimum atomic E-state index is -3.47. The lowest BCUT2D eigenvalue weighted by molar-refractivity contribution is 0.0319. The van der Waals surface area contributed by atoms with Gasteiger partial charge < -0.3 is 4.74 Å². The Kier molecular flexibility index (Phi) is 5.17. The second kappa shape index (κ2) is 5.86. The lowest BCUT2D eigenvalue weighted by Crippen LogP contribution is -2.46. The van der Waals surface area contributed by atoms with Crippen molar-refractivity contribution in [3.8, 4) is 0 Å². The maximum absolute atomic E-state index is 11.4. The Labute approximate surface area is 112 Å². The summed E-state index contributed by atoms with van der Waals surface area (Å²) < 4.78 is 33.7. The van der Waals surface area contributed by atoms with Gasteiger partial charge in [0.05, 0.1) is 26.2 Å². The van der Waals surface area contributed by atoms with E-state index in [1.54, 1.807) is 0 Å². The third-order valence-electron chi connectivity index (χ3n) is 2.99. The summed E-state index contributed by atoms with van der Waals surface area (Å²) in [6.07, 6.45) is 4.11. The zero-order chi connectivity index (χ0) is 14.0. The van der Waals surface area contributed by atoms with Gasteiger partial charge in [0, 0.05) is 6.61 Å². The van der Waals surface area contributed by atoms with Crippen LogP contribution in [0.1, 0.15) is 19.3 Å². The molecule has 1 unspecified atom stereocenters. The first-order valence-electron chi connectivity index (χ1n) is 6.30. The van der Waals surface area contributed by atoms with Crippen LogP contribution in [0.4, 0.5) is 0 Å². The van der Waals surface area contributed by atoms with E-state index in [-0.39, 0.29) is 6.10 Å². The Bertz CT molecular complexity index is 391. The van der Waals surface area contributed by atoms with Gasteiger partial charge in [-0.25, -0.2) is 0 Å². The van der Waals surface area contributed by atoms with E-state index in [0.717, 1.165) is 37.7 Å². The molecular formula is C12H24O4SSi. The van der Waals surface area contributed by atoms with Gasteiger partial charge >= 0.3 is 0 Å². The molecule has 0 aliphatic carbocycles. The minimum absolute atomic E-state index is 0.0581. The van der Waals surface area contributed by atoms with Gasteiger partial charge in [-0.2, -0.15) is 8.42 Å². The van der Waals surface area contributed by atoms with Crippen molar-refractivity contribution in [2.24, 2.45) is 0 Å². The van der Waals surface area contributed by atoms with Crippen molar-refractivity contribution < 1.29 is 17.3 Å². The quantitative estimate of drug-likeness (QED) is 0.443. The Morgan fingerprint density at radius 1 is 1.39 bits per heavy atom. The molecule has 1 heterocycles. The van der Waals surface area contributed by atoms with E-state index in [9.17, 15) is 8.42 Å². The van der Waals surface area contributed by atoms with Crippen LogP contribution in [0.25, 0.3) is 0 Å². The van der Waals surface area contributed by atoms with Gasteiger partial charge in [0.15, 0.2) is 0 Å². The second-order valence-electron chi connectivity index (χ2n) is 5.98. The van der Waals surface area contributed by atoms with Crippen molar-refractivity contribution in [1.29, 1.82) is 0 Å². The van der Waals surface area contributed by atoms with Crippen LogP contribution in [0.5, 0.6) is 0 Å². The predicted molar refractivity (Wildman–Crippen MR) is 75.8 cm³/mol. The fourth-order valence-electron chi connectivity index (χ4n) is 2.14. The zero-order valence-electron chi connectivity index (χ0n) is 11.7. The predicted octanol–water partition coefficient (Wildman–Crippen LogP) is 2.33. The highest BCUT2D eigenvalue weighted by atomic mass is 32.2. The van der Waals surface area contributed by atoms with Gasteiger partial charge in [0.1, 0.15) is 0 Å². The van der Waals surface area contributed by atoms with Crippen LogP contribution in [-0.2, 0) is 19.0 Å². The van der Waals surface area contributed by atoms with Gasteiger partial charge in [-0.05, 0) is 24.8 Å². The largest absolute Gasteiger partial charge is 0.374 e. The van der Waals surface area contributed by atoms with Crippen molar-refractivity contribution in [2.75, 3.05) is 12.9 Å². The monoisotopic (exact) mass is 292 g/mol. The zero-order valence-corrected chi connectivity index (χ0v) is 13.5. The maximum Gasteiger partial charge on any atom is 0.264 e. The standard InChI is InChI=1S/C12H24O4SSi/c1-10(11-8-6-7-9-15-11)12(18(3,4)5)16-17(2,13)14/h11-12H,1,6-9H2,2-5H3/t11-,12?/m1/s1. The molecule has 0 amide bonds. The van der Waals surface area contributed by atoms with Crippen molar-refractivity contribution in [2.45, 2.75) is 50.7 Å². The second-order valence-corrected chi connectivity index (χ2v) is 12.8. The topological polar surface area (TPSA) is 52.6 Å². The highest BCUT2D eigenvalue weighted by Gasteiger charge is 2.36. The molecule has 1 aliphatic heterocycles. The van der Waals surface area contributed by atoms with Crippen LogP contribution in [0.3, 0.4) is 0 Å². The van der Waals surface area contributed by atoms with E-state index in [4.69, 9.17) is 8.92 Å². The normalized spacial score (nSPS) is 23.7. The van der Waals surface area contributed by atoms with E-state index in [1.807, 2.05) is 0 Å². The van der Waals surface area contributed by atoms with E-state index in [1.165, 1.54) is 0 Å². The summed E-state index contributed by atoms with van der Waals surface area (Å²) in [5.41, 5.74) is 0.384. The van der Waals surface area contributed by atoms with Gasteiger partial charge in [-0.1, -0.05) is 26.2 Å². The van der Waals surface area contributed by atoms with Gasteiger partial charge in [-0.15, -0.1) is 0 Å². The molecule has 106 valence electrons. The molecule has 1 saturated heterocycles. The summed E-state index contributed by atoms with van der Waals surface area (Å²) in [4.78, 5) is 0. The molecule has 0 bridgehead atoms. The average Bonchev–Trinajstić information content (AvgIpc) is 2.24. The molecular weight excluding hydrogens is 268 g/mol. The van der Waals surface area contributed by atoms with Gasteiger partial charge in [-0.3, -0.25) is 4.18 Å². The van der Waals surface area contributed by atoms with Crippen LogP contribution in [-0.4, -0.2) is 41.2 Å².